The molecule has 0 radical (unpaired) electrons. The van der Waals surface area contributed by atoms with Gasteiger partial charge in [-0.3, -0.25) is 0 Å². The number of fused-ring (bicyclic) bond motifs is 3. The van der Waals surface area contributed by atoms with Crippen LogP contribution in [-0.4, -0.2) is 9.97 Å². The zero-order chi connectivity index (χ0) is 28.6. The minimum atomic E-state index is -0.553. The van der Waals surface area contributed by atoms with E-state index < -0.39 is 5.41 Å². The van der Waals surface area contributed by atoms with Gasteiger partial charge in [0.15, 0.2) is 5.82 Å². The summed E-state index contributed by atoms with van der Waals surface area (Å²) in [6, 6.07) is 58.1. The zero-order valence-electron chi connectivity index (χ0n) is 23.6. The molecule has 0 spiro atoms. The second kappa shape index (κ2) is 10.3. The van der Waals surface area contributed by atoms with Crippen molar-refractivity contribution in [3.05, 3.63) is 192 Å². The molecule has 2 heteroatoms. The summed E-state index contributed by atoms with van der Waals surface area (Å²) in [5.41, 5.74) is 12.1. The molecule has 0 saturated heterocycles. The topological polar surface area (TPSA) is 25.8 Å². The van der Waals surface area contributed by atoms with Crippen molar-refractivity contribution in [2.75, 3.05) is 0 Å². The van der Waals surface area contributed by atoms with Crippen molar-refractivity contribution in [3.8, 4) is 44.9 Å². The van der Waals surface area contributed by atoms with Gasteiger partial charge >= 0.3 is 0 Å². The molecule has 0 bridgehead atoms. The highest BCUT2D eigenvalue weighted by molar-refractivity contribution is 5.85. The molecule has 0 saturated carbocycles. The lowest BCUT2D eigenvalue weighted by atomic mass is 9.68. The van der Waals surface area contributed by atoms with Crippen molar-refractivity contribution in [1.82, 2.24) is 9.97 Å². The van der Waals surface area contributed by atoms with E-state index in [-0.39, 0.29) is 0 Å². The van der Waals surface area contributed by atoms with E-state index in [0.29, 0.717) is 0 Å². The van der Waals surface area contributed by atoms with Crippen LogP contribution in [0.15, 0.2) is 170 Å². The number of hydrogen-bond donors (Lipinski definition) is 0. The van der Waals surface area contributed by atoms with Crippen LogP contribution in [-0.2, 0) is 5.41 Å². The van der Waals surface area contributed by atoms with Crippen molar-refractivity contribution in [2.45, 2.75) is 5.41 Å². The highest BCUT2D eigenvalue weighted by Crippen LogP contribution is 2.55. The maximum atomic E-state index is 5.22. The van der Waals surface area contributed by atoms with Crippen molar-refractivity contribution >= 4 is 0 Å². The minimum Gasteiger partial charge on any atom is -0.236 e. The first kappa shape index (κ1) is 25.1. The largest absolute Gasteiger partial charge is 0.236 e. The summed E-state index contributed by atoms with van der Waals surface area (Å²) in [6.45, 7) is 0. The Bertz CT molecular complexity index is 2050. The molecular formula is C41H28N2. The van der Waals surface area contributed by atoms with Gasteiger partial charge in [-0.2, -0.15) is 0 Å². The lowest BCUT2D eigenvalue weighted by Gasteiger charge is -2.33. The fraction of sp³-hybridized carbons (Fsp3) is 0.0244. The summed E-state index contributed by atoms with van der Waals surface area (Å²) in [6.07, 6.45) is 2.05. The molecule has 1 unspecified atom stereocenters. The SMILES string of the molecule is c1ccc(-c2ccc(-c3cccc(C4(c5ccccc5)c5ccccc5-c5nc(-c6ccccc6)ncc54)c3)cc2)cc1. The van der Waals surface area contributed by atoms with Gasteiger partial charge in [-0.25, -0.2) is 9.97 Å². The number of aromatic nitrogens is 2. The molecule has 43 heavy (non-hydrogen) atoms. The van der Waals surface area contributed by atoms with Crippen LogP contribution in [0.2, 0.25) is 0 Å². The van der Waals surface area contributed by atoms with E-state index in [1.807, 2.05) is 18.2 Å². The van der Waals surface area contributed by atoms with Gasteiger partial charge in [-0.05, 0) is 45.0 Å². The average Bonchev–Trinajstić information content (AvgIpc) is 3.40. The van der Waals surface area contributed by atoms with Gasteiger partial charge in [0.1, 0.15) is 0 Å². The summed E-state index contributed by atoms with van der Waals surface area (Å²) < 4.78 is 0. The van der Waals surface area contributed by atoms with Crippen molar-refractivity contribution in [1.29, 1.82) is 0 Å². The molecule has 7 aromatic rings. The molecule has 1 aliphatic carbocycles. The fourth-order valence-corrected chi connectivity index (χ4v) is 6.64. The Hall–Kier alpha value is -5.60. The van der Waals surface area contributed by atoms with Gasteiger partial charge in [0.05, 0.1) is 11.1 Å². The van der Waals surface area contributed by atoms with Crippen LogP contribution in [0.5, 0.6) is 0 Å². The van der Waals surface area contributed by atoms with Crippen LogP contribution in [0.25, 0.3) is 44.9 Å². The standard InChI is InChI=1S/C41H28N2/c1-4-13-29(14-5-1)30-23-25-31(26-24-30)33-17-12-20-35(27-33)41(34-18-8-3-9-19-34)37-22-11-10-21-36(37)39-38(41)28-42-40(43-39)32-15-6-2-7-16-32/h1-28H. The first-order chi connectivity index (χ1) is 21.3. The Kier molecular flexibility index (Phi) is 6.05. The predicted octanol–water partition coefficient (Wildman–Crippen LogP) is 9.84. The second-order valence-corrected chi connectivity index (χ2v) is 11.0. The van der Waals surface area contributed by atoms with Crippen molar-refractivity contribution in [2.24, 2.45) is 0 Å². The maximum Gasteiger partial charge on any atom is 0.159 e. The summed E-state index contributed by atoms with van der Waals surface area (Å²) >= 11 is 0. The first-order valence-electron chi connectivity index (χ1n) is 14.7. The van der Waals surface area contributed by atoms with Gasteiger partial charge in [-0.15, -0.1) is 0 Å². The molecule has 0 aliphatic heterocycles. The Labute approximate surface area is 252 Å². The lowest BCUT2D eigenvalue weighted by molar-refractivity contribution is 0.761. The van der Waals surface area contributed by atoms with E-state index in [2.05, 4.69) is 152 Å². The number of nitrogens with zero attached hydrogens (tertiary/aromatic N) is 2. The fourth-order valence-electron chi connectivity index (χ4n) is 6.64. The van der Waals surface area contributed by atoms with Crippen LogP contribution in [0, 0.1) is 0 Å². The smallest absolute Gasteiger partial charge is 0.159 e. The number of benzene rings is 6. The molecule has 8 rings (SSSR count). The quantitative estimate of drug-likeness (QED) is 0.214. The van der Waals surface area contributed by atoms with Crippen LogP contribution in [0.4, 0.5) is 0 Å². The molecule has 1 atom stereocenters. The summed E-state index contributed by atoms with van der Waals surface area (Å²) in [5, 5.41) is 0. The van der Waals surface area contributed by atoms with E-state index >= 15 is 0 Å². The molecule has 1 aromatic heterocycles. The number of rotatable bonds is 5. The molecule has 0 amide bonds. The third-order valence-corrected chi connectivity index (χ3v) is 8.64. The van der Waals surface area contributed by atoms with E-state index in [9.17, 15) is 0 Å². The molecule has 0 N–H and O–H groups in total. The van der Waals surface area contributed by atoms with Crippen LogP contribution in [0.1, 0.15) is 22.3 Å². The van der Waals surface area contributed by atoms with Gasteiger partial charge in [0.25, 0.3) is 0 Å². The Balaban J connectivity index is 1.33. The Morgan fingerprint density at radius 1 is 0.395 bits per heavy atom. The lowest BCUT2D eigenvalue weighted by Crippen LogP contribution is -2.28. The molecule has 2 nitrogen and oxygen atoms in total. The van der Waals surface area contributed by atoms with Crippen molar-refractivity contribution < 1.29 is 0 Å². The normalized spacial score (nSPS) is 15.1. The molecule has 1 heterocycles. The van der Waals surface area contributed by atoms with Gasteiger partial charge < -0.3 is 0 Å². The zero-order valence-corrected chi connectivity index (χ0v) is 23.6. The molecule has 0 fully saturated rings. The highest BCUT2D eigenvalue weighted by Gasteiger charge is 2.47. The maximum absolute atomic E-state index is 5.22. The molecule has 6 aromatic carbocycles. The summed E-state index contributed by atoms with van der Waals surface area (Å²) in [5.74, 6) is 0.741. The average molecular weight is 549 g/mol. The van der Waals surface area contributed by atoms with Gasteiger partial charge in [0, 0.05) is 22.9 Å². The van der Waals surface area contributed by atoms with E-state index in [1.165, 1.54) is 38.9 Å². The Morgan fingerprint density at radius 2 is 0.930 bits per heavy atom. The molecule has 202 valence electrons. The van der Waals surface area contributed by atoms with Crippen LogP contribution >= 0.6 is 0 Å². The Morgan fingerprint density at radius 3 is 1.65 bits per heavy atom. The minimum absolute atomic E-state index is 0.553. The third-order valence-electron chi connectivity index (χ3n) is 8.64. The van der Waals surface area contributed by atoms with E-state index in [4.69, 9.17) is 9.97 Å². The molecular weight excluding hydrogens is 520 g/mol. The summed E-state index contributed by atoms with van der Waals surface area (Å²) in [7, 11) is 0. The van der Waals surface area contributed by atoms with E-state index in [0.717, 1.165) is 28.2 Å². The van der Waals surface area contributed by atoms with Gasteiger partial charge in [-0.1, -0.05) is 158 Å². The summed E-state index contributed by atoms with van der Waals surface area (Å²) in [4.78, 5) is 10.2. The predicted molar refractivity (Wildman–Crippen MR) is 176 cm³/mol. The van der Waals surface area contributed by atoms with E-state index in [1.54, 1.807) is 0 Å². The van der Waals surface area contributed by atoms with Gasteiger partial charge in [0.2, 0.25) is 0 Å². The highest BCUT2D eigenvalue weighted by atomic mass is 14.9. The third kappa shape index (κ3) is 4.11. The molecule has 1 aliphatic rings. The monoisotopic (exact) mass is 548 g/mol. The first-order valence-corrected chi connectivity index (χ1v) is 14.7. The van der Waals surface area contributed by atoms with Crippen LogP contribution < -0.4 is 0 Å². The number of hydrogen-bond acceptors (Lipinski definition) is 2. The van der Waals surface area contributed by atoms with Crippen LogP contribution in [0.3, 0.4) is 0 Å². The van der Waals surface area contributed by atoms with Crippen molar-refractivity contribution in [3.63, 3.8) is 0 Å². The second-order valence-electron chi connectivity index (χ2n) is 11.0.